The third-order valence-corrected chi connectivity index (χ3v) is 5.15. The zero-order chi connectivity index (χ0) is 15.4. The summed E-state index contributed by atoms with van der Waals surface area (Å²) >= 11 is 3.18. The van der Waals surface area contributed by atoms with E-state index in [4.69, 9.17) is 9.88 Å². The predicted octanol–water partition coefficient (Wildman–Crippen LogP) is 0.415. The van der Waals surface area contributed by atoms with Gasteiger partial charge in [0, 0.05) is 11.0 Å². The fourth-order valence-corrected chi connectivity index (χ4v) is 3.74. The van der Waals surface area contributed by atoms with Crippen LogP contribution in [0.4, 0.5) is 0 Å². The molecule has 114 valence electrons. The second kappa shape index (κ2) is 6.85. The van der Waals surface area contributed by atoms with Gasteiger partial charge in [0.05, 0.1) is 12.9 Å². The van der Waals surface area contributed by atoms with E-state index in [1.165, 1.54) is 19.2 Å². The molecule has 0 radical (unpaired) electrons. The monoisotopic (exact) mass is 386 g/mol. The SMILES string of the molecule is COc1ccc(Br)cc1S(=O)(=O)NCCCS(N)(=O)=O. The largest absolute Gasteiger partial charge is 0.495 e. The fourth-order valence-electron chi connectivity index (χ4n) is 1.42. The van der Waals surface area contributed by atoms with E-state index >= 15 is 0 Å². The number of ether oxygens (including phenoxy) is 1. The molecule has 0 atom stereocenters. The van der Waals surface area contributed by atoms with Crippen LogP contribution in [-0.2, 0) is 20.0 Å². The maximum atomic E-state index is 12.1. The molecule has 20 heavy (non-hydrogen) atoms. The molecule has 0 bridgehead atoms. The Kier molecular flexibility index (Phi) is 5.95. The van der Waals surface area contributed by atoms with Gasteiger partial charge in [-0.3, -0.25) is 0 Å². The summed E-state index contributed by atoms with van der Waals surface area (Å²) in [5, 5.41) is 4.83. The lowest BCUT2D eigenvalue weighted by molar-refractivity contribution is 0.402. The Morgan fingerprint density at radius 2 is 1.95 bits per heavy atom. The van der Waals surface area contributed by atoms with Crippen LogP contribution in [0.2, 0.25) is 0 Å². The van der Waals surface area contributed by atoms with Crippen molar-refractivity contribution in [3.63, 3.8) is 0 Å². The number of hydrogen-bond acceptors (Lipinski definition) is 5. The van der Waals surface area contributed by atoms with Gasteiger partial charge < -0.3 is 4.74 Å². The molecule has 0 unspecified atom stereocenters. The van der Waals surface area contributed by atoms with Gasteiger partial charge in [-0.05, 0) is 24.6 Å². The normalized spacial score (nSPS) is 12.3. The average Bonchev–Trinajstić information content (AvgIpc) is 2.33. The topological polar surface area (TPSA) is 116 Å². The third-order valence-electron chi connectivity index (χ3n) is 2.31. The van der Waals surface area contributed by atoms with Crippen LogP contribution in [0.5, 0.6) is 5.75 Å². The maximum absolute atomic E-state index is 12.1. The molecule has 0 saturated heterocycles. The molecule has 1 aromatic carbocycles. The highest BCUT2D eigenvalue weighted by Gasteiger charge is 2.19. The van der Waals surface area contributed by atoms with Gasteiger partial charge in [0.1, 0.15) is 10.6 Å². The molecule has 1 rings (SSSR count). The highest BCUT2D eigenvalue weighted by atomic mass is 79.9. The molecule has 1 aromatic rings. The van der Waals surface area contributed by atoms with Crippen molar-refractivity contribution in [1.82, 2.24) is 4.72 Å². The lowest BCUT2D eigenvalue weighted by Gasteiger charge is -2.11. The van der Waals surface area contributed by atoms with Gasteiger partial charge in [-0.15, -0.1) is 0 Å². The lowest BCUT2D eigenvalue weighted by atomic mass is 10.3. The molecule has 0 aliphatic rings. The Balaban J connectivity index is 2.81. The van der Waals surface area contributed by atoms with Gasteiger partial charge in [-0.25, -0.2) is 26.7 Å². The summed E-state index contributed by atoms with van der Waals surface area (Å²) in [6.07, 6.45) is 0.0916. The van der Waals surface area contributed by atoms with E-state index in [-0.39, 0.29) is 29.4 Å². The fraction of sp³-hybridized carbons (Fsp3) is 0.400. The predicted molar refractivity (Wildman–Crippen MR) is 78.5 cm³/mol. The van der Waals surface area contributed by atoms with Crippen LogP contribution in [0.25, 0.3) is 0 Å². The molecule has 10 heteroatoms. The zero-order valence-corrected chi connectivity index (χ0v) is 13.9. The van der Waals surface area contributed by atoms with Gasteiger partial charge in [0.15, 0.2) is 0 Å². The summed E-state index contributed by atoms with van der Waals surface area (Å²) in [5.41, 5.74) is 0. The Morgan fingerprint density at radius 3 is 2.50 bits per heavy atom. The van der Waals surface area contributed by atoms with Gasteiger partial charge in [0.2, 0.25) is 20.0 Å². The van der Waals surface area contributed by atoms with Crippen molar-refractivity contribution in [1.29, 1.82) is 0 Å². The second-order valence-electron chi connectivity index (χ2n) is 3.91. The quantitative estimate of drug-likeness (QED) is 0.658. The summed E-state index contributed by atoms with van der Waals surface area (Å²) in [4.78, 5) is -0.0232. The lowest BCUT2D eigenvalue weighted by Crippen LogP contribution is -2.27. The Morgan fingerprint density at radius 1 is 1.30 bits per heavy atom. The number of rotatable bonds is 7. The minimum Gasteiger partial charge on any atom is -0.495 e. The Hall–Kier alpha value is -0.680. The van der Waals surface area contributed by atoms with Gasteiger partial charge in [-0.1, -0.05) is 15.9 Å². The number of nitrogens with one attached hydrogen (secondary N) is 1. The standard InChI is InChI=1S/C10H15BrN2O5S2/c1-18-9-4-3-8(11)7-10(9)20(16,17)13-5-2-6-19(12,14)15/h3-4,7,13H,2,5-6H2,1H3,(H2,12,14,15). The van der Waals surface area contributed by atoms with Crippen molar-refractivity contribution >= 4 is 36.0 Å². The first-order valence-corrected chi connectivity index (χ1v) is 9.48. The van der Waals surface area contributed by atoms with E-state index in [1.807, 2.05) is 0 Å². The Labute approximate surface area is 126 Å². The number of nitrogens with two attached hydrogens (primary N) is 1. The van der Waals surface area contributed by atoms with E-state index in [1.54, 1.807) is 6.07 Å². The average molecular weight is 387 g/mol. The summed E-state index contributed by atoms with van der Waals surface area (Å²) in [7, 11) is -6.01. The number of halogens is 1. The summed E-state index contributed by atoms with van der Waals surface area (Å²) in [6, 6.07) is 4.57. The van der Waals surface area contributed by atoms with Crippen LogP contribution in [0.15, 0.2) is 27.6 Å². The third kappa shape index (κ3) is 5.37. The number of methoxy groups -OCH3 is 1. The first-order chi connectivity index (χ1) is 9.15. The summed E-state index contributed by atoms with van der Waals surface area (Å²) < 4.78 is 53.6. The first-order valence-electron chi connectivity index (χ1n) is 5.49. The van der Waals surface area contributed by atoms with Crippen LogP contribution < -0.4 is 14.6 Å². The van der Waals surface area contributed by atoms with E-state index < -0.39 is 20.0 Å². The van der Waals surface area contributed by atoms with E-state index in [0.29, 0.717) is 4.47 Å². The van der Waals surface area contributed by atoms with E-state index in [0.717, 1.165) is 0 Å². The minimum atomic E-state index is -3.78. The Bertz CT molecular complexity index is 673. The highest BCUT2D eigenvalue weighted by Crippen LogP contribution is 2.26. The molecule has 0 aromatic heterocycles. The summed E-state index contributed by atoms with van der Waals surface area (Å²) in [6.45, 7) is -0.0333. The molecule has 0 amide bonds. The van der Waals surface area contributed by atoms with E-state index in [9.17, 15) is 16.8 Å². The number of benzene rings is 1. The maximum Gasteiger partial charge on any atom is 0.244 e. The van der Waals surface area contributed by atoms with Crippen molar-refractivity contribution in [2.24, 2.45) is 5.14 Å². The van der Waals surface area contributed by atoms with Gasteiger partial charge in [-0.2, -0.15) is 0 Å². The van der Waals surface area contributed by atoms with Crippen LogP contribution >= 0.6 is 15.9 Å². The smallest absolute Gasteiger partial charge is 0.244 e. The minimum absolute atomic E-state index is 0.0232. The highest BCUT2D eigenvalue weighted by molar-refractivity contribution is 9.10. The summed E-state index contributed by atoms with van der Waals surface area (Å²) in [5.74, 6) is -0.0855. The molecule has 0 spiro atoms. The van der Waals surface area contributed by atoms with Gasteiger partial charge in [0.25, 0.3) is 0 Å². The van der Waals surface area contributed by atoms with Crippen molar-refractivity contribution in [3.8, 4) is 5.75 Å². The molecule has 0 saturated carbocycles. The van der Waals surface area contributed by atoms with Crippen molar-refractivity contribution < 1.29 is 21.6 Å². The van der Waals surface area contributed by atoms with E-state index in [2.05, 4.69) is 20.7 Å². The van der Waals surface area contributed by atoms with Crippen LogP contribution in [0.1, 0.15) is 6.42 Å². The van der Waals surface area contributed by atoms with Crippen molar-refractivity contribution in [3.05, 3.63) is 22.7 Å². The van der Waals surface area contributed by atoms with Crippen molar-refractivity contribution in [2.75, 3.05) is 19.4 Å². The molecule has 0 fully saturated rings. The number of hydrogen-bond donors (Lipinski definition) is 2. The molecular weight excluding hydrogens is 372 g/mol. The molecular formula is C10H15BrN2O5S2. The molecule has 0 heterocycles. The van der Waals surface area contributed by atoms with Gasteiger partial charge >= 0.3 is 0 Å². The van der Waals surface area contributed by atoms with Crippen LogP contribution in [0, 0.1) is 0 Å². The molecule has 7 nitrogen and oxygen atoms in total. The zero-order valence-electron chi connectivity index (χ0n) is 10.7. The molecule has 0 aliphatic carbocycles. The van der Waals surface area contributed by atoms with Crippen LogP contribution in [0.3, 0.4) is 0 Å². The molecule has 3 N–H and O–H groups in total. The first kappa shape index (κ1) is 17.4. The van der Waals surface area contributed by atoms with Crippen molar-refractivity contribution in [2.45, 2.75) is 11.3 Å². The van der Waals surface area contributed by atoms with Crippen LogP contribution in [-0.4, -0.2) is 36.2 Å². The number of primary sulfonamides is 1. The molecule has 0 aliphatic heterocycles. The number of sulfonamides is 2. The second-order valence-corrected chi connectivity index (χ2v) is 8.30.